The first-order valence-electron chi connectivity index (χ1n) is 9.36. The van der Waals surface area contributed by atoms with Gasteiger partial charge in [-0.1, -0.05) is 35.3 Å². The van der Waals surface area contributed by atoms with Crippen LogP contribution in [0.5, 0.6) is 0 Å². The summed E-state index contributed by atoms with van der Waals surface area (Å²) in [6, 6.07) is 11.8. The summed E-state index contributed by atoms with van der Waals surface area (Å²) >= 11 is 12.3. The van der Waals surface area contributed by atoms with Crippen LogP contribution in [0.1, 0.15) is 29.5 Å². The van der Waals surface area contributed by atoms with Crippen LogP contribution in [0.4, 0.5) is 5.69 Å². The van der Waals surface area contributed by atoms with Crippen molar-refractivity contribution in [3.63, 3.8) is 0 Å². The Morgan fingerprint density at radius 3 is 2.63 bits per heavy atom. The van der Waals surface area contributed by atoms with E-state index < -0.39 is 0 Å². The van der Waals surface area contributed by atoms with Gasteiger partial charge in [-0.2, -0.15) is 0 Å². The lowest BCUT2D eigenvalue weighted by Gasteiger charge is -2.34. The molecule has 27 heavy (non-hydrogen) atoms. The monoisotopic (exact) mass is 404 g/mol. The fourth-order valence-corrected chi connectivity index (χ4v) is 4.10. The van der Waals surface area contributed by atoms with Crippen LogP contribution in [0, 0.1) is 19.8 Å². The van der Waals surface area contributed by atoms with Crippen molar-refractivity contribution < 1.29 is 4.79 Å². The van der Waals surface area contributed by atoms with Gasteiger partial charge in [0.25, 0.3) is 0 Å². The second kappa shape index (κ2) is 8.64. The molecule has 1 amide bonds. The van der Waals surface area contributed by atoms with Gasteiger partial charge in [0.05, 0.1) is 5.92 Å². The number of aryl methyl sites for hydroxylation is 2. The average molecular weight is 405 g/mol. The number of halogens is 2. The fourth-order valence-electron chi connectivity index (χ4n) is 3.63. The van der Waals surface area contributed by atoms with Crippen molar-refractivity contribution in [2.75, 3.05) is 25.0 Å². The molecule has 144 valence electrons. The molecule has 1 atom stereocenters. The number of likely N-dealkylation sites (tertiary alicyclic amines) is 1. The first-order chi connectivity index (χ1) is 12.8. The van der Waals surface area contributed by atoms with Gasteiger partial charge in [0.15, 0.2) is 0 Å². The molecule has 1 aliphatic heterocycles. The number of hydrogen-bond donors (Lipinski definition) is 0. The van der Waals surface area contributed by atoms with Crippen LogP contribution < -0.4 is 4.90 Å². The lowest BCUT2D eigenvalue weighted by molar-refractivity contribution is -0.123. The maximum atomic E-state index is 13.1. The number of nitrogens with zero attached hydrogens (tertiary/aromatic N) is 2. The Labute approximate surface area is 171 Å². The Balaban J connectivity index is 1.67. The maximum absolute atomic E-state index is 13.1. The van der Waals surface area contributed by atoms with Crippen LogP contribution >= 0.6 is 23.2 Å². The van der Waals surface area contributed by atoms with Gasteiger partial charge >= 0.3 is 0 Å². The molecule has 0 radical (unpaired) electrons. The second-order valence-corrected chi connectivity index (χ2v) is 8.32. The average Bonchev–Trinajstić information content (AvgIpc) is 2.65. The van der Waals surface area contributed by atoms with E-state index in [-0.39, 0.29) is 11.8 Å². The number of carbonyl (C=O) groups excluding carboxylic acids is 1. The molecule has 1 saturated heterocycles. The van der Waals surface area contributed by atoms with E-state index in [2.05, 4.69) is 30.9 Å². The molecule has 2 aromatic carbocycles. The van der Waals surface area contributed by atoms with Gasteiger partial charge in [0.2, 0.25) is 5.91 Å². The number of rotatable bonds is 4. The Bertz CT molecular complexity index is 837. The van der Waals surface area contributed by atoms with Crippen LogP contribution in [0.2, 0.25) is 10.0 Å². The van der Waals surface area contributed by atoms with Gasteiger partial charge in [0, 0.05) is 35.9 Å². The zero-order valence-corrected chi connectivity index (χ0v) is 17.6. The highest BCUT2D eigenvalue weighted by Crippen LogP contribution is 2.27. The Morgan fingerprint density at radius 2 is 1.93 bits per heavy atom. The first kappa shape index (κ1) is 20.2. The standard InChI is InChI=1S/C22H26Cl2N2O/c1-15-6-9-20(11-16(15)2)25(3)22(27)18-5-4-10-26(14-18)13-17-7-8-19(23)12-21(17)24/h6-9,11-12,18H,4-5,10,13-14H2,1-3H3/t18-/m1/s1. The molecule has 0 unspecified atom stereocenters. The van der Waals surface area contributed by atoms with Crippen molar-refractivity contribution in [2.45, 2.75) is 33.2 Å². The summed E-state index contributed by atoms with van der Waals surface area (Å²) in [5, 5.41) is 1.33. The molecular weight excluding hydrogens is 379 g/mol. The number of anilines is 1. The normalized spacial score (nSPS) is 17.7. The molecule has 3 nitrogen and oxygen atoms in total. The van der Waals surface area contributed by atoms with Crippen molar-refractivity contribution in [3.05, 3.63) is 63.1 Å². The molecule has 1 heterocycles. The highest BCUT2D eigenvalue weighted by atomic mass is 35.5. The van der Waals surface area contributed by atoms with Crippen LogP contribution in [0.15, 0.2) is 36.4 Å². The summed E-state index contributed by atoms with van der Waals surface area (Å²) in [6.45, 7) is 6.65. The first-order valence-corrected chi connectivity index (χ1v) is 10.1. The number of benzene rings is 2. The van der Waals surface area contributed by atoms with Crippen LogP contribution in [-0.2, 0) is 11.3 Å². The highest BCUT2D eigenvalue weighted by molar-refractivity contribution is 6.35. The lowest BCUT2D eigenvalue weighted by atomic mass is 9.95. The van der Waals surface area contributed by atoms with E-state index in [0.717, 1.165) is 43.7 Å². The summed E-state index contributed by atoms with van der Waals surface area (Å²) in [5.74, 6) is 0.196. The molecule has 0 bridgehead atoms. The molecule has 0 aliphatic carbocycles. The third kappa shape index (κ3) is 4.84. The molecule has 0 saturated carbocycles. The summed E-state index contributed by atoms with van der Waals surface area (Å²) in [4.78, 5) is 17.2. The minimum atomic E-state index is 0.0106. The minimum absolute atomic E-state index is 0.0106. The molecule has 0 spiro atoms. The smallest absolute Gasteiger partial charge is 0.231 e. The summed E-state index contributed by atoms with van der Waals surface area (Å²) < 4.78 is 0. The van der Waals surface area contributed by atoms with Crippen molar-refractivity contribution in [1.82, 2.24) is 4.90 Å². The predicted octanol–water partition coefficient (Wildman–Crippen LogP) is 5.49. The summed E-state index contributed by atoms with van der Waals surface area (Å²) in [6.07, 6.45) is 1.95. The molecule has 1 fully saturated rings. The molecule has 1 aliphatic rings. The van der Waals surface area contributed by atoms with Gasteiger partial charge in [-0.3, -0.25) is 9.69 Å². The number of carbonyl (C=O) groups is 1. The third-order valence-electron chi connectivity index (χ3n) is 5.47. The van der Waals surface area contributed by atoms with Crippen molar-refractivity contribution >= 4 is 34.8 Å². The Kier molecular flexibility index (Phi) is 6.46. The highest BCUT2D eigenvalue weighted by Gasteiger charge is 2.28. The van der Waals surface area contributed by atoms with E-state index in [9.17, 15) is 4.79 Å². The van der Waals surface area contributed by atoms with Crippen LogP contribution in [0.3, 0.4) is 0 Å². The molecule has 3 rings (SSSR count). The van der Waals surface area contributed by atoms with E-state index in [0.29, 0.717) is 10.0 Å². The maximum Gasteiger partial charge on any atom is 0.231 e. The minimum Gasteiger partial charge on any atom is -0.315 e. The fraction of sp³-hybridized carbons (Fsp3) is 0.409. The molecule has 2 aromatic rings. The number of piperidine rings is 1. The molecule has 0 N–H and O–H groups in total. The summed E-state index contributed by atoms with van der Waals surface area (Å²) in [5.41, 5.74) is 4.45. The van der Waals surface area contributed by atoms with Crippen molar-refractivity contribution in [2.24, 2.45) is 5.92 Å². The van der Waals surface area contributed by atoms with E-state index in [4.69, 9.17) is 23.2 Å². The van der Waals surface area contributed by atoms with E-state index in [1.807, 2.05) is 25.2 Å². The Morgan fingerprint density at radius 1 is 1.15 bits per heavy atom. The zero-order valence-electron chi connectivity index (χ0n) is 16.1. The Hall–Kier alpha value is -1.55. The SMILES string of the molecule is Cc1ccc(N(C)C(=O)[C@@H]2CCCN(Cc3ccc(Cl)cc3Cl)C2)cc1C. The zero-order chi connectivity index (χ0) is 19.6. The number of amides is 1. The second-order valence-electron chi connectivity index (χ2n) is 7.48. The largest absolute Gasteiger partial charge is 0.315 e. The van der Waals surface area contributed by atoms with E-state index >= 15 is 0 Å². The van der Waals surface area contributed by atoms with Gasteiger partial charge in [-0.15, -0.1) is 0 Å². The third-order valence-corrected chi connectivity index (χ3v) is 6.06. The van der Waals surface area contributed by atoms with Crippen LogP contribution in [0.25, 0.3) is 0 Å². The van der Waals surface area contributed by atoms with Crippen LogP contribution in [-0.4, -0.2) is 30.9 Å². The van der Waals surface area contributed by atoms with Crippen molar-refractivity contribution in [1.29, 1.82) is 0 Å². The molecule has 0 aromatic heterocycles. The molecular formula is C22H26Cl2N2O. The molecule has 5 heteroatoms. The predicted molar refractivity (Wildman–Crippen MR) is 114 cm³/mol. The van der Waals surface area contributed by atoms with Gasteiger partial charge in [0.1, 0.15) is 0 Å². The number of hydrogen-bond acceptors (Lipinski definition) is 2. The lowest BCUT2D eigenvalue weighted by Crippen LogP contribution is -2.43. The van der Waals surface area contributed by atoms with E-state index in [1.54, 1.807) is 11.0 Å². The quantitative estimate of drug-likeness (QED) is 0.672. The van der Waals surface area contributed by atoms with E-state index in [1.165, 1.54) is 11.1 Å². The van der Waals surface area contributed by atoms with Gasteiger partial charge in [-0.05, 0) is 74.2 Å². The van der Waals surface area contributed by atoms with Gasteiger partial charge in [-0.25, -0.2) is 0 Å². The summed E-state index contributed by atoms with van der Waals surface area (Å²) in [7, 11) is 1.88. The van der Waals surface area contributed by atoms with Crippen molar-refractivity contribution in [3.8, 4) is 0 Å². The topological polar surface area (TPSA) is 23.6 Å². The van der Waals surface area contributed by atoms with Gasteiger partial charge < -0.3 is 4.90 Å².